The number of non-ortho nitro benzene ring substituents is 1. The van der Waals surface area contributed by atoms with Crippen LogP contribution in [0.4, 0.5) is 5.69 Å². The van der Waals surface area contributed by atoms with E-state index in [9.17, 15) is 14.9 Å². The average molecular weight is 864 g/mol. The number of likely N-dealkylation sites (tertiary alicyclic amines) is 1. The number of nitrogens with zero attached hydrogens (tertiary/aromatic N) is 5. The molecule has 312 valence electrons. The SMILES string of the molecule is CC(=Cc1cn(C)nn1)C(=O)S[C@@H]1[C@@H]([C@@H](CO[SiH](C)C)C(C)(C)C)C(=O)N1C(C(=O)OCc1ccc([N+](=O)[O-])cc1)=P(c1ccccc1)(c1ccccc1)c1ccccc1. The van der Waals surface area contributed by atoms with Crippen molar-refractivity contribution in [1.82, 2.24) is 19.9 Å². The molecule has 0 spiro atoms. The predicted molar refractivity (Wildman–Crippen MR) is 242 cm³/mol. The summed E-state index contributed by atoms with van der Waals surface area (Å²) in [5.74, 6) is -2.08. The third-order valence-electron chi connectivity index (χ3n) is 10.4. The van der Waals surface area contributed by atoms with Gasteiger partial charge in [0.2, 0.25) is 11.0 Å². The average Bonchev–Trinajstić information content (AvgIpc) is 3.65. The van der Waals surface area contributed by atoms with Gasteiger partial charge in [0, 0.05) is 44.2 Å². The summed E-state index contributed by atoms with van der Waals surface area (Å²) in [6.45, 7) is 8.83. The molecule has 3 atom stereocenters. The van der Waals surface area contributed by atoms with Gasteiger partial charge in [-0.1, -0.05) is 129 Å². The maximum Gasteiger partial charge on any atom is 0.356 e. The molecule has 12 nitrogen and oxygen atoms in total. The molecule has 0 unspecified atom stereocenters. The number of hydrogen-bond donors (Lipinski definition) is 0. The highest BCUT2D eigenvalue weighted by atomic mass is 32.2. The Morgan fingerprint density at radius 2 is 1.45 bits per heavy atom. The van der Waals surface area contributed by atoms with Crippen LogP contribution in [0.15, 0.2) is 127 Å². The van der Waals surface area contributed by atoms with Crippen LogP contribution in [-0.2, 0) is 37.2 Å². The number of ether oxygens (including phenoxy) is 1. The normalized spacial score (nSPS) is 16.3. The van der Waals surface area contributed by atoms with Crippen molar-refractivity contribution >= 4 is 77.8 Å². The maximum atomic E-state index is 15.5. The minimum Gasteiger partial charge on any atom is -0.456 e. The highest BCUT2D eigenvalue weighted by Crippen LogP contribution is 2.53. The number of aryl methyl sites for hydroxylation is 1. The molecule has 1 aliphatic rings. The van der Waals surface area contributed by atoms with Gasteiger partial charge in [-0.2, -0.15) is 0 Å². The summed E-state index contributed by atoms with van der Waals surface area (Å²) in [4.78, 5) is 57.8. The van der Waals surface area contributed by atoms with Crippen molar-refractivity contribution in [3.05, 3.63) is 148 Å². The first kappa shape index (κ1) is 44.2. The number of esters is 1. The van der Waals surface area contributed by atoms with Gasteiger partial charge < -0.3 is 9.16 Å². The summed E-state index contributed by atoms with van der Waals surface area (Å²) in [6.07, 6.45) is 3.37. The lowest BCUT2D eigenvalue weighted by Crippen LogP contribution is -2.68. The molecule has 1 saturated heterocycles. The molecule has 15 heteroatoms. The largest absolute Gasteiger partial charge is 0.456 e. The molecule has 0 radical (unpaired) electrons. The molecule has 2 heterocycles. The van der Waals surface area contributed by atoms with Gasteiger partial charge in [0.25, 0.3) is 5.69 Å². The molecule has 0 aliphatic carbocycles. The lowest BCUT2D eigenvalue weighted by molar-refractivity contribution is -0.384. The van der Waals surface area contributed by atoms with Gasteiger partial charge in [-0.3, -0.25) is 29.3 Å². The van der Waals surface area contributed by atoms with Crippen LogP contribution in [0.2, 0.25) is 13.1 Å². The number of carbonyl (C=O) groups is 3. The van der Waals surface area contributed by atoms with Gasteiger partial charge in [-0.25, -0.2) is 4.79 Å². The van der Waals surface area contributed by atoms with E-state index in [0.717, 1.165) is 27.7 Å². The Bertz CT molecular complexity index is 2320. The molecule has 1 aliphatic heterocycles. The van der Waals surface area contributed by atoms with Crippen LogP contribution in [-0.4, -0.2) is 68.2 Å². The second-order valence-corrected chi connectivity index (χ2v) is 22.9. The smallest absolute Gasteiger partial charge is 0.356 e. The van der Waals surface area contributed by atoms with Crippen LogP contribution >= 0.6 is 18.6 Å². The van der Waals surface area contributed by atoms with Crippen LogP contribution in [0.3, 0.4) is 0 Å². The van der Waals surface area contributed by atoms with E-state index >= 15 is 9.59 Å². The Kier molecular flexibility index (Phi) is 13.9. The summed E-state index contributed by atoms with van der Waals surface area (Å²) in [5.41, 5.74) is 1.04. The van der Waals surface area contributed by atoms with E-state index in [1.165, 1.54) is 17.0 Å². The second-order valence-electron chi connectivity index (χ2n) is 16.0. The summed E-state index contributed by atoms with van der Waals surface area (Å²) in [5, 5.41) is 20.8. The zero-order chi connectivity index (χ0) is 43.2. The Morgan fingerprint density at radius 3 is 1.90 bits per heavy atom. The van der Waals surface area contributed by atoms with Crippen molar-refractivity contribution in [3.8, 4) is 0 Å². The van der Waals surface area contributed by atoms with Crippen molar-refractivity contribution in [3.63, 3.8) is 0 Å². The van der Waals surface area contributed by atoms with E-state index in [0.29, 0.717) is 23.4 Å². The van der Waals surface area contributed by atoms with Crippen molar-refractivity contribution in [1.29, 1.82) is 0 Å². The first-order valence-electron chi connectivity index (χ1n) is 19.7. The van der Waals surface area contributed by atoms with E-state index in [2.05, 4.69) is 44.2 Å². The number of benzene rings is 4. The molecular weight excluding hydrogens is 814 g/mol. The fourth-order valence-electron chi connectivity index (χ4n) is 7.40. The van der Waals surface area contributed by atoms with E-state index in [-0.39, 0.29) is 34.7 Å². The Hall–Kier alpha value is -5.40. The van der Waals surface area contributed by atoms with Gasteiger partial charge in [0.1, 0.15) is 23.1 Å². The summed E-state index contributed by atoms with van der Waals surface area (Å²) in [6, 6.07) is 34.8. The van der Waals surface area contributed by atoms with Crippen LogP contribution in [0.1, 0.15) is 39.0 Å². The Morgan fingerprint density at radius 1 is 0.917 bits per heavy atom. The van der Waals surface area contributed by atoms with E-state index in [1.54, 1.807) is 43.1 Å². The van der Waals surface area contributed by atoms with Gasteiger partial charge >= 0.3 is 5.97 Å². The summed E-state index contributed by atoms with van der Waals surface area (Å²) < 4.78 is 14.1. The predicted octanol–water partition coefficient (Wildman–Crippen LogP) is 6.70. The number of β-lactam (4-membered cyclic amide) rings is 1. The van der Waals surface area contributed by atoms with Crippen LogP contribution in [0.25, 0.3) is 6.08 Å². The fourth-order valence-corrected chi connectivity index (χ4v) is 13.7. The van der Waals surface area contributed by atoms with Gasteiger partial charge in [0.15, 0.2) is 9.04 Å². The third kappa shape index (κ3) is 9.47. The molecule has 1 amide bonds. The van der Waals surface area contributed by atoms with Crippen molar-refractivity contribution in [2.75, 3.05) is 6.61 Å². The number of thioether (sulfide) groups is 1. The molecule has 60 heavy (non-hydrogen) atoms. The molecule has 5 aromatic rings. The van der Waals surface area contributed by atoms with Gasteiger partial charge in [0.05, 0.1) is 17.0 Å². The Balaban J connectivity index is 1.63. The Labute approximate surface area is 356 Å². The molecule has 1 fully saturated rings. The molecule has 6 rings (SSSR count). The highest BCUT2D eigenvalue weighted by molar-refractivity contribution is 8.14. The van der Waals surface area contributed by atoms with E-state index < -0.39 is 43.5 Å². The summed E-state index contributed by atoms with van der Waals surface area (Å²) in [7, 11) is 0.208. The van der Waals surface area contributed by atoms with E-state index in [1.807, 2.05) is 91.0 Å². The van der Waals surface area contributed by atoms with Crippen LogP contribution < -0.4 is 15.9 Å². The van der Waals surface area contributed by atoms with Crippen molar-refractivity contribution in [2.45, 2.75) is 52.8 Å². The molecule has 0 bridgehead atoms. The van der Waals surface area contributed by atoms with E-state index in [4.69, 9.17) is 9.16 Å². The lowest BCUT2D eigenvalue weighted by Gasteiger charge is -2.53. The minimum atomic E-state index is -3.33. The van der Waals surface area contributed by atoms with Gasteiger partial charge in [-0.05, 0) is 65.1 Å². The van der Waals surface area contributed by atoms with Gasteiger partial charge in [-0.15, -0.1) is 5.10 Å². The molecule has 0 N–H and O–H groups in total. The molecular formula is C45H50N5O7PSSi. The lowest BCUT2D eigenvalue weighted by atomic mass is 9.70. The molecule has 1 aromatic heterocycles. The number of hydrogen-bond acceptors (Lipinski definition) is 10. The monoisotopic (exact) mass is 863 g/mol. The summed E-state index contributed by atoms with van der Waals surface area (Å²) >= 11 is 1.01. The second kappa shape index (κ2) is 18.9. The third-order valence-corrected chi connectivity index (χ3v) is 16.8. The van der Waals surface area contributed by atoms with Crippen molar-refractivity contribution in [2.24, 2.45) is 24.3 Å². The van der Waals surface area contributed by atoms with Crippen LogP contribution in [0, 0.1) is 27.4 Å². The maximum absolute atomic E-state index is 15.5. The minimum absolute atomic E-state index is 0.0950. The number of aromatic nitrogens is 3. The number of nitro benzene ring substituents is 1. The number of carbonyl (C=O) groups excluding carboxylic acids is 3. The first-order valence-corrected chi connectivity index (χ1v) is 25.1. The zero-order valence-electron chi connectivity index (χ0n) is 34.8. The fraction of sp³-hybridized carbons (Fsp3) is 0.289. The zero-order valence-corrected chi connectivity index (χ0v) is 37.7. The quantitative estimate of drug-likeness (QED) is 0.0212. The molecule has 0 saturated carbocycles. The number of nitro groups is 1. The van der Waals surface area contributed by atoms with Crippen molar-refractivity contribution < 1.29 is 28.5 Å². The topological polar surface area (TPSA) is 147 Å². The van der Waals surface area contributed by atoms with Crippen LogP contribution in [0.5, 0.6) is 0 Å². The number of amides is 1. The molecule has 4 aromatic carbocycles. The highest BCUT2D eigenvalue weighted by Gasteiger charge is 2.59. The standard InChI is InChI=1S/C45H50N5O7PSSi/c1-31(27-33-28-48(5)47-46-33)44(53)59-42-39(38(45(2,3)4)30-57-60(6)7)40(51)49(42)41(43(52)56-29-32-23-25-34(26-24-32)50(54)55)58(35-17-11-8-12-18-35,36-19-13-9-14-20-36)37-21-15-10-16-22-37/h8-28,38-39,42,60H,29-30H2,1-7H3/t38-,39+,42-/m1/s1. The first-order chi connectivity index (χ1) is 28.6. The number of rotatable bonds is 15.